The first-order valence-corrected chi connectivity index (χ1v) is 11.8. The number of esters is 2. The van der Waals surface area contributed by atoms with Crippen LogP contribution in [0.25, 0.3) is 6.08 Å². The first kappa shape index (κ1) is 26.6. The van der Waals surface area contributed by atoms with E-state index >= 15 is 0 Å². The molecule has 0 unspecified atom stereocenters. The normalized spacial score (nSPS) is 15.2. The van der Waals surface area contributed by atoms with Crippen LogP contribution in [-0.4, -0.2) is 54.9 Å². The molecule has 0 fully saturated rings. The Morgan fingerprint density at radius 3 is 2.42 bits per heavy atom. The van der Waals surface area contributed by atoms with Crippen LogP contribution in [0.2, 0.25) is 0 Å². The van der Waals surface area contributed by atoms with Gasteiger partial charge in [-0.1, -0.05) is 36.0 Å². The minimum atomic E-state index is -0.785. The summed E-state index contributed by atoms with van der Waals surface area (Å²) in [4.78, 5) is 41.0. The molecule has 0 atom stereocenters. The number of nitrogens with zero attached hydrogens (tertiary/aromatic N) is 1. The van der Waals surface area contributed by atoms with Crippen LogP contribution in [0.15, 0.2) is 69.8 Å². The van der Waals surface area contributed by atoms with Gasteiger partial charge in [0.25, 0.3) is 5.91 Å². The zero-order valence-electron chi connectivity index (χ0n) is 20.0. The van der Waals surface area contributed by atoms with E-state index in [1.165, 1.54) is 7.11 Å². The molecule has 0 bridgehead atoms. The number of ether oxygens (including phenoxy) is 4. The molecule has 0 saturated carbocycles. The Kier molecular flexibility index (Phi) is 9.29. The third-order valence-corrected chi connectivity index (χ3v) is 5.75. The van der Waals surface area contributed by atoms with Gasteiger partial charge in [-0.05, 0) is 49.8 Å². The number of aliphatic hydroxyl groups is 1. The largest absolute Gasteiger partial charge is 0.506 e. The summed E-state index contributed by atoms with van der Waals surface area (Å²) in [7, 11) is 1.26. The van der Waals surface area contributed by atoms with Gasteiger partial charge in [0.15, 0.2) is 18.1 Å². The van der Waals surface area contributed by atoms with E-state index in [0.717, 1.165) is 11.8 Å². The molecule has 1 aliphatic rings. The Balaban J connectivity index is 1.96. The zero-order chi connectivity index (χ0) is 26.1. The summed E-state index contributed by atoms with van der Waals surface area (Å²) in [5.41, 5.74) is 0.770. The molecule has 2 aromatic rings. The SMILES string of the molecule is CCOC(=O)C1=C(O)/C(=C/c2ccc(OCC(=O)OC)c(OCC)c2)SC1=NC(=O)c1ccccc1. The van der Waals surface area contributed by atoms with Gasteiger partial charge in [-0.15, -0.1) is 0 Å². The smallest absolute Gasteiger partial charge is 0.344 e. The summed E-state index contributed by atoms with van der Waals surface area (Å²) >= 11 is 0.972. The van der Waals surface area contributed by atoms with Crippen molar-refractivity contribution in [3.8, 4) is 11.5 Å². The minimum Gasteiger partial charge on any atom is -0.506 e. The molecule has 2 aromatic carbocycles. The van der Waals surface area contributed by atoms with Gasteiger partial charge in [-0.25, -0.2) is 14.6 Å². The summed E-state index contributed by atoms with van der Waals surface area (Å²) in [5.74, 6) is -1.51. The molecule has 1 amide bonds. The molecule has 10 heteroatoms. The number of aliphatic hydroxyl groups excluding tert-OH is 1. The Morgan fingerprint density at radius 2 is 1.75 bits per heavy atom. The van der Waals surface area contributed by atoms with E-state index in [1.54, 1.807) is 68.5 Å². The van der Waals surface area contributed by atoms with Crippen LogP contribution in [0, 0.1) is 0 Å². The molecule has 1 aliphatic heterocycles. The Hall–Kier alpha value is -4.05. The number of aliphatic imine (C=N–C) groups is 1. The van der Waals surface area contributed by atoms with Crippen LogP contribution in [0.1, 0.15) is 29.8 Å². The van der Waals surface area contributed by atoms with Crippen LogP contribution < -0.4 is 9.47 Å². The van der Waals surface area contributed by atoms with E-state index in [9.17, 15) is 19.5 Å². The summed E-state index contributed by atoms with van der Waals surface area (Å²) in [5, 5.41) is 10.9. The minimum absolute atomic E-state index is 0.0362. The number of amides is 1. The maximum absolute atomic E-state index is 12.6. The topological polar surface area (TPSA) is 121 Å². The second-order valence-corrected chi connectivity index (χ2v) is 8.18. The maximum atomic E-state index is 12.6. The molecule has 1 N–H and O–H groups in total. The van der Waals surface area contributed by atoms with Crippen LogP contribution in [0.4, 0.5) is 0 Å². The number of hydrogen-bond acceptors (Lipinski definition) is 9. The van der Waals surface area contributed by atoms with Crippen molar-refractivity contribution >= 4 is 40.7 Å². The third kappa shape index (κ3) is 6.54. The molecule has 0 radical (unpaired) electrons. The van der Waals surface area contributed by atoms with E-state index in [1.807, 2.05) is 0 Å². The fourth-order valence-corrected chi connectivity index (χ4v) is 4.09. The summed E-state index contributed by atoms with van der Waals surface area (Å²) in [6.45, 7) is 3.59. The van der Waals surface area contributed by atoms with Crippen molar-refractivity contribution in [3.05, 3.63) is 75.9 Å². The number of methoxy groups -OCH3 is 1. The predicted octanol–water partition coefficient (Wildman–Crippen LogP) is 4.34. The van der Waals surface area contributed by atoms with Crippen molar-refractivity contribution < 1.29 is 38.4 Å². The fraction of sp³-hybridized carbons (Fsp3) is 0.231. The highest BCUT2D eigenvalue weighted by Gasteiger charge is 2.34. The highest BCUT2D eigenvalue weighted by atomic mass is 32.2. The first-order valence-electron chi connectivity index (χ1n) is 11.0. The molecule has 9 nitrogen and oxygen atoms in total. The Labute approximate surface area is 212 Å². The molecule has 188 valence electrons. The molecule has 1 heterocycles. The van der Waals surface area contributed by atoms with Gasteiger partial charge >= 0.3 is 11.9 Å². The van der Waals surface area contributed by atoms with Gasteiger partial charge < -0.3 is 24.1 Å². The lowest BCUT2D eigenvalue weighted by Crippen LogP contribution is -2.14. The lowest BCUT2D eigenvalue weighted by Gasteiger charge is -2.12. The second kappa shape index (κ2) is 12.6. The quantitative estimate of drug-likeness (QED) is 0.490. The van der Waals surface area contributed by atoms with Gasteiger partial charge in [-0.2, -0.15) is 0 Å². The van der Waals surface area contributed by atoms with Crippen molar-refractivity contribution in [1.82, 2.24) is 0 Å². The van der Waals surface area contributed by atoms with Crippen LogP contribution >= 0.6 is 11.8 Å². The average Bonchev–Trinajstić information content (AvgIpc) is 3.18. The van der Waals surface area contributed by atoms with Gasteiger partial charge in [-0.3, -0.25) is 4.79 Å². The highest BCUT2D eigenvalue weighted by Crippen LogP contribution is 2.40. The molecule has 3 rings (SSSR count). The zero-order valence-corrected chi connectivity index (χ0v) is 20.8. The Bertz CT molecular complexity index is 1230. The summed E-state index contributed by atoms with van der Waals surface area (Å²) < 4.78 is 20.7. The molecule has 36 heavy (non-hydrogen) atoms. The van der Waals surface area contributed by atoms with E-state index in [-0.39, 0.29) is 29.6 Å². The first-order chi connectivity index (χ1) is 17.4. The van der Waals surface area contributed by atoms with Crippen molar-refractivity contribution in [2.24, 2.45) is 4.99 Å². The lowest BCUT2D eigenvalue weighted by atomic mass is 10.1. The number of thioether (sulfide) groups is 1. The van der Waals surface area contributed by atoms with Gasteiger partial charge in [0.1, 0.15) is 16.4 Å². The summed E-state index contributed by atoms with van der Waals surface area (Å²) in [6.07, 6.45) is 1.61. The molecule has 0 aromatic heterocycles. The Morgan fingerprint density at radius 1 is 1.00 bits per heavy atom. The van der Waals surface area contributed by atoms with E-state index in [0.29, 0.717) is 34.1 Å². The maximum Gasteiger partial charge on any atom is 0.344 e. The average molecular weight is 512 g/mol. The van der Waals surface area contributed by atoms with Crippen LogP contribution in [0.5, 0.6) is 11.5 Å². The molecule has 0 spiro atoms. The highest BCUT2D eigenvalue weighted by molar-refractivity contribution is 8.18. The predicted molar refractivity (Wildman–Crippen MR) is 135 cm³/mol. The molecular formula is C26H25NO8S. The van der Waals surface area contributed by atoms with Crippen molar-refractivity contribution in [3.63, 3.8) is 0 Å². The number of rotatable bonds is 9. The van der Waals surface area contributed by atoms with E-state index in [2.05, 4.69) is 9.73 Å². The fourth-order valence-electron chi connectivity index (χ4n) is 3.08. The van der Waals surface area contributed by atoms with Crippen LogP contribution in [-0.2, 0) is 19.1 Å². The van der Waals surface area contributed by atoms with Gasteiger partial charge in [0, 0.05) is 5.56 Å². The second-order valence-electron chi connectivity index (χ2n) is 7.15. The monoisotopic (exact) mass is 511 g/mol. The van der Waals surface area contributed by atoms with Gasteiger partial charge in [0.05, 0.1) is 25.2 Å². The number of carbonyl (C=O) groups is 3. The van der Waals surface area contributed by atoms with Crippen molar-refractivity contribution in [1.29, 1.82) is 0 Å². The number of hydrogen-bond donors (Lipinski definition) is 1. The van der Waals surface area contributed by atoms with Crippen molar-refractivity contribution in [2.45, 2.75) is 13.8 Å². The van der Waals surface area contributed by atoms with Crippen molar-refractivity contribution in [2.75, 3.05) is 26.9 Å². The lowest BCUT2D eigenvalue weighted by molar-refractivity contribution is -0.143. The van der Waals surface area contributed by atoms with E-state index in [4.69, 9.17) is 14.2 Å². The molecular weight excluding hydrogens is 486 g/mol. The summed E-state index contributed by atoms with van der Waals surface area (Å²) in [6, 6.07) is 13.3. The third-order valence-electron chi connectivity index (χ3n) is 4.73. The number of carbonyl (C=O) groups excluding carboxylic acids is 3. The number of benzene rings is 2. The van der Waals surface area contributed by atoms with Crippen LogP contribution in [0.3, 0.4) is 0 Å². The van der Waals surface area contributed by atoms with E-state index < -0.39 is 17.8 Å². The standard InChI is InChI=1S/C26H25NO8S/c1-4-33-19-13-16(11-12-18(19)35-15-21(28)32-3)14-20-23(29)22(26(31)34-5-2)25(36-20)27-24(30)17-9-7-6-8-10-17/h6-14,29H,4-5,15H2,1-3H3/b20-14-,27-25?. The van der Waals surface area contributed by atoms with Gasteiger partial charge in [0.2, 0.25) is 0 Å². The molecule has 0 saturated heterocycles. The molecule has 0 aliphatic carbocycles.